The SMILES string of the molecule is COc1ccc([C@H](C(=O)NC2CCCCC2)N(Cc2ccc3c(c2)OCO3)C(=O)c2c(C)nc3ccccn23)cc1. The fourth-order valence-electron chi connectivity index (χ4n) is 5.81. The van der Waals surface area contributed by atoms with E-state index in [0.717, 1.165) is 31.2 Å². The molecular formula is C32H34N4O5. The molecule has 9 nitrogen and oxygen atoms in total. The van der Waals surface area contributed by atoms with Gasteiger partial charge in [0.2, 0.25) is 12.7 Å². The second-order valence-corrected chi connectivity index (χ2v) is 10.6. The Kier molecular flexibility index (Phi) is 7.50. The molecule has 41 heavy (non-hydrogen) atoms. The summed E-state index contributed by atoms with van der Waals surface area (Å²) >= 11 is 0. The van der Waals surface area contributed by atoms with Gasteiger partial charge in [0.05, 0.1) is 12.8 Å². The van der Waals surface area contributed by atoms with Crippen LogP contribution in [-0.4, -0.2) is 46.0 Å². The topological polar surface area (TPSA) is 94.4 Å². The van der Waals surface area contributed by atoms with Gasteiger partial charge in [-0.1, -0.05) is 43.5 Å². The molecule has 0 saturated heterocycles. The highest BCUT2D eigenvalue weighted by molar-refractivity contribution is 5.98. The van der Waals surface area contributed by atoms with Crippen LogP contribution in [0.5, 0.6) is 17.2 Å². The van der Waals surface area contributed by atoms with Gasteiger partial charge >= 0.3 is 0 Å². The normalized spacial score (nSPS) is 15.5. The smallest absolute Gasteiger partial charge is 0.274 e. The first-order chi connectivity index (χ1) is 20.0. The number of hydrogen-bond donors (Lipinski definition) is 1. The number of aryl methyl sites for hydroxylation is 1. The molecule has 0 unspecified atom stereocenters. The minimum Gasteiger partial charge on any atom is -0.497 e. The number of amides is 2. The van der Waals surface area contributed by atoms with Crippen LogP contribution in [0.25, 0.3) is 5.65 Å². The second kappa shape index (κ2) is 11.5. The summed E-state index contributed by atoms with van der Waals surface area (Å²) in [6.45, 7) is 2.15. The first-order valence-corrected chi connectivity index (χ1v) is 14.1. The van der Waals surface area contributed by atoms with Crippen LogP contribution in [0.2, 0.25) is 0 Å². The maximum absolute atomic E-state index is 14.6. The van der Waals surface area contributed by atoms with E-state index in [4.69, 9.17) is 14.2 Å². The molecule has 1 aliphatic carbocycles. The Morgan fingerprint density at radius 3 is 2.61 bits per heavy atom. The minimum absolute atomic E-state index is 0.0806. The Labute approximate surface area is 239 Å². The van der Waals surface area contributed by atoms with Crippen molar-refractivity contribution in [1.29, 1.82) is 0 Å². The van der Waals surface area contributed by atoms with Gasteiger partial charge in [0.15, 0.2) is 11.5 Å². The molecule has 212 valence electrons. The third-order valence-corrected chi connectivity index (χ3v) is 7.90. The number of nitrogens with one attached hydrogen (secondary N) is 1. The number of carbonyl (C=O) groups is 2. The molecule has 4 aromatic rings. The Morgan fingerprint density at radius 2 is 1.83 bits per heavy atom. The summed E-state index contributed by atoms with van der Waals surface area (Å²) in [7, 11) is 1.60. The van der Waals surface area contributed by atoms with E-state index < -0.39 is 6.04 Å². The van der Waals surface area contributed by atoms with Gasteiger partial charge in [-0.3, -0.25) is 14.0 Å². The molecule has 0 radical (unpaired) electrons. The number of methoxy groups -OCH3 is 1. The van der Waals surface area contributed by atoms with Crippen LogP contribution in [-0.2, 0) is 11.3 Å². The van der Waals surface area contributed by atoms with Crippen molar-refractivity contribution in [3.8, 4) is 17.2 Å². The molecule has 9 heteroatoms. The molecule has 0 spiro atoms. The molecule has 1 saturated carbocycles. The third-order valence-electron chi connectivity index (χ3n) is 7.90. The van der Waals surface area contributed by atoms with Gasteiger partial charge in [-0.2, -0.15) is 0 Å². The Hall–Kier alpha value is -4.53. The zero-order valence-corrected chi connectivity index (χ0v) is 23.3. The Bertz CT molecular complexity index is 1560. The number of pyridine rings is 1. The van der Waals surface area contributed by atoms with Crippen LogP contribution >= 0.6 is 0 Å². The number of rotatable bonds is 8. The molecule has 2 aromatic carbocycles. The molecule has 1 aliphatic heterocycles. The van der Waals surface area contributed by atoms with Gasteiger partial charge < -0.3 is 24.4 Å². The number of ether oxygens (including phenoxy) is 3. The highest BCUT2D eigenvalue weighted by Gasteiger charge is 2.36. The quantitative estimate of drug-likeness (QED) is 0.321. The average molecular weight is 555 g/mol. The van der Waals surface area contributed by atoms with Crippen LogP contribution in [0.3, 0.4) is 0 Å². The van der Waals surface area contributed by atoms with E-state index in [0.29, 0.717) is 39.8 Å². The summed E-state index contributed by atoms with van der Waals surface area (Å²) in [6.07, 6.45) is 7.04. The fraction of sp³-hybridized carbons (Fsp3) is 0.344. The van der Waals surface area contributed by atoms with Crippen LogP contribution in [0.15, 0.2) is 66.9 Å². The minimum atomic E-state index is -0.894. The molecule has 2 amide bonds. The summed E-state index contributed by atoms with van der Waals surface area (Å²) in [6, 6.07) is 17.8. The van der Waals surface area contributed by atoms with Gasteiger partial charge in [-0.25, -0.2) is 4.98 Å². The number of carbonyl (C=O) groups excluding carboxylic acids is 2. The summed E-state index contributed by atoms with van der Waals surface area (Å²) in [5, 5.41) is 3.27. The van der Waals surface area contributed by atoms with Gasteiger partial charge in [-0.05, 0) is 67.3 Å². The van der Waals surface area contributed by atoms with Crippen LogP contribution in [0.4, 0.5) is 0 Å². The standard InChI is InChI=1S/C32H34N4O5/c1-21-29(35-17-7-6-10-28(35)33-21)32(38)36(19-22-11-16-26-27(18-22)41-20-40-26)30(23-12-14-25(39-2)15-13-23)31(37)34-24-8-4-3-5-9-24/h6-7,10-18,24,30H,3-5,8-9,19-20H2,1-2H3,(H,34,37)/t30-/m1/s1. The van der Waals surface area contributed by atoms with E-state index in [9.17, 15) is 9.59 Å². The molecule has 1 fully saturated rings. The number of hydrogen-bond acceptors (Lipinski definition) is 6. The van der Waals surface area contributed by atoms with Crippen molar-refractivity contribution in [2.75, 3.05) is 13.9 Å². The summed E-state index contributed by atoms with van der Waals surface area (Å²) in [5.74, 6) is 1.45. The van der Waals surface area contributed by atoms with Crippen LogP contribution < -0.4 is 19.5 Å². The van der Waals surface area contributed by atoms with Gasteiger partial charge in [0.1, 0.15) is 23.1 Å². The average Bonchev–Trinajstić information content (AvgIpc) is 3.60. The molecule has 3 heterocycles. The monoisotopic (exact) mass is 554 g/mol. The first-order valence-electron chi connectivity index (χ1n) is 14.1. The lowest BCUT2D eigenvalue weighted by atomic mass is 9.94. The largest absolute Gasteiger partial charge is 0.497 e. The Balaban J connectivity index is 1.45. The molecule has 1 N–H and O–H groups in total. The van der Waals surface area contributed by atoms with E-state index in [-0.39, 0.29) is 31.2 Å². The van der Waals surface area contributed by atoms with Gasteiger partial charge in [0, 0.05) is 18.8 Å². The zero-order chi connectivity index (χ0) is 28.3. The van der Waals surface area contributed by atoms with Crippen LogP contribution in [0, 0.1) is 6.92 Å². The second-order valence-electron chi connectivity index (χ2n) is 10.6. The summed E-state index contributed by atoms with van der Waals surface area (Å²) < 4.78 is 18.3. The molecule has 1 atom stereocenters. The van der Waals surface area contributed by atoms with Crippen molar-refractivity contribution < 1.29 is 23.8 Å². The highest BCUT2D eigenvalue weighted by atomic mass is 16.7. The fourth-order valence-corrected chi connectivity index (χ4v) is 5.81. The van der Waals surface area contributed by atoms with Crippen molar-refractivity contribution in [3.63, 3.8) is 0 Å². The number of fused-ring (bicyclic) bond motifs is 2. The molecule has 2 aliphatic rings. The maximum Gasteiger partial charge on any atom is 0.274 e. The van der Waals surface area contributed by atoms with Crippen molar-refractivity contribution in [1.82, 2.24) is 19.6 Å². The number of nitrogens with zero attached hydrogens (tertiary/aromatic N) is 3. The van der Waals surface area contributed by atoms with E-state index in [1.807, 2.05) is 73.8 Å². The molecule has 6 rings (SSSR count). The highest BCUT2D eigenvalue weighted by Crippen LogP contribution is 2.35. The maximum atomic E-state index is 14.6. The van der Waals surface area contributed by atoms with Crippen molar-refractivity contribution in [3.05, 3.63) is 89.4 Å². The Morgan fingerprint density at radius 1 is 1.05 bits per heavy atom. The van der Waals surface area contributed by atoms with Crippen LogP contribution in [0.1, 0.15) is 65.5 Å². The van der Waals surface area contributed by atoms with E-state index in [1.54, 1.807) is 16.4 Å². The van der Waals surface area contributed by atoms with Crippen molar-refractivity contribution in [2.45, 2.75) is 57.7 Å². The van der Waals surface area contributed by atoms with Crippen molar-refractivity contribution in [2.24, 2.45) is 0 Å². The van der Waals surface area contributed by atoms with E-state index in [2.05, 4.69) is 10.3 Å². The molecular weight excluding hydrogens is 520 g/mol. The van der Waals surface area contributed by atoms with E-state index in [1.165, 1.54) is 6.42 Å². The third kappa shape index (κ3) is 5.44. The van der Waals surface area contributed by atoms with E-state index >= 15 is 0 Å². The van der Waals surface area contributed by atoms with Gasteiger partial charge in [0.25, 0.3) is 5.91 Å². The number of imidazole rings is 1. The first kappa shape index (κ1) is 26.7. The molecule has 2 aromatic heterocycles. The predicted octanol–water partition coefficient (Wildman–Crippen LogP) is 5.21. The lowest BCUT2D eigenvalue weighted by Gasteiger charge is -2.33. The van der Waals surface area contributed by atoms with Gasteiger partial charge in [-0.15, -0.1) is 0 Å². The molecule has 0 bridgehead atoms. The number of aromatic nitrogens is 2. The van der Waals surface area contributed by atoms with Crippen molar-refractivity contribution >= 4 is 17.5 Å². The summed E-state index contributed by atoms with van der Waals surface area (Å²) in [4.78, 5) is 35.1. The number of benzene rings is 2. The lowest BCUT2D eigenvalue weighted by molar-refractivity contribution is -0.127. The summed E-state index contributed by atoms with van der Waals surface area (Å²) in [5.41, 5.74) is 3.20. The predicted molar refractivity (Wildman–Crippen MR) is 153 cm³/mol. The zero-order valence-electron chi connectivity index (χ0n) is 23.3. The lowest BCUT2D eigenvalue weighted by Crippen LogP contribution is -2.47.